The number of rotatable bonds is 27. The lowest BCUT2D eigenvalue weighted by Crippen LogP contribution is -2.59. The van der Waals surface area contributed by atoms with Gasteiger partial charge in [0.05, 0.1) is 37.4 Å². The number of amides is 12. The SMILES string of the molecule is CCCC[C@H]1C(=O)N(C)CC(=O)C[C@@H](COC=O)C(=O)C[C@@H](C(C)C)C(=O)N(C)[C@@H](Cc2ccccc2)C(=O)N[C@@H](Cc2ccc(O)cc2)C(=O)N(C)CC(=O)N[C@@H](CCOC=O)C(=O)N[C@@H](Cc2ccc(O)cc2)C(=O)N[C@@H](CC(C)C)C(=O)N[C@H](C(=O)CCC(N)=O)CSCC(=O)N[C@@H](Cc2ccccc2)C(=O)N(C)[C@@H](Cc2ccccc2)C(=O)N1C. The maximum Gasteiger partial charge on any atom is 0.293 e. The van der Waals surface area contributed by atoms with Crippen LogP contribution in [0.25, 0.3) is 0 Å². The summed E-state index contributed by atoms with van der Waals surface area (Å²) in [6.45, 7) is 6.30. The van der Waals surface area contributed by atoms with Crippen molar-refractivity contribution in [2.24, 2.45) is 29.4 Å². The van der Waals surface area contributed by atoms with Gasteiger partial charge in [0.25, 0.3) is 12.9 Å². The number of hydrogen-bond donors (Lipinski definition) is 9. The van der Waals surface area contributed by atoms with E-state index in [1.54, 1.807) is 119 Å². The van der Waals surface area contributed by atoms with Crippen LogP contribution < -0.4 is 37.6 Å². The molecule has 124 heavy (non-hydrogen) atoms. The third-order valence-electron chi connectivity index (χ3n) is 21.4. The number of nitrogens with zero attached hydrogens (tertiary/aromatic N) is 5. The molecule has 0 radical (unpaired) electrons. The third-order valence-corrected chi connectivity index (χ3v) is 22.5. The summed E-state index contributed by atoms with van der Waals surface area (Å²) in [7, 11) is 6.70. The highest BCUT2D eigenvalue weighted by atomic mass is 32.2. The van der Waals surface area contributed by atoms with Crippen LogP contribution in [0.5, 0.6) is 11.5 Å². The molecule has 6 rings (SSSR count). The highest BCUT2D eigenvalue weighted by Gasteiger charge is 2.42. The van der Waals surface area contributed by atoms with E-state index in [9.17, 15) is 63.0 Å². The summed E-state index contributed by atoms with van der Waals surface area (Å²) in [5.41, 5.74) is 8.02. The van der Waals surface area contributed by atoms with E-state index in [-0.39, 0.29) is 81.1 Å². The second-order valence-electron chi connectivity index (χ2n) is 31.9. The van der Waals surface area contributed by atoms with Crippen molar-refractivity contribution in [3.63, 3.8) is 0 Å². The van der Waals surface area contributed by atoms with Gasteiger partial charge in [-0.05, 0) is 76.8 Å². The quantitative estimate of drug-likeness (QED) is 0.0269. The highest BCUT2D eigenvalue weighted by Crippen LogP contribution is 2.27. The lowest BCUT2D eigenvalue weighted by Gasteiger charge is -2.37. The van der Waals surface area contributed by atoms with Gasteiger partial charge in [-0.1, -0.05) is 163 Å². The highest BCUT2D eigenvalue weighted by molar-refractivity contribution is 8.00. The van der Waals surface area contributed by atoms with Gasteiger partial charge in [0, 0.05) is 111 Å². The minimum absolute atomic E-state index is 0.0810. The van der Waals surface area contributed by atoms with Crippen LogP contribution in [0.4, 0.5) is 0 Å². The van der Waals surface area contributed by atoms with Crippen molar-refractivity contribution in [3.8, 4) is 11.5 Å². The predicted octanol–water partition coefficient (Wildman–Crippen LogP) is 3.28. The fourth-order valence-electron chi connectivity index (χ4n) is 14.3. The molecule has 0 aliphatic carbocycles. The minimum atomic E-state index is -1.65. The molecule has 0 spiro atoms. The maximum atomic E-state index is 15.5. The molecule has 34 heteroatoms. The van der Waals surface area contributed by atoms with Crippen LogP contribution in [0.2, 0.25) is 0 Å². The first-order valence-electron chi connectivity index (χ1n) is 41.3. The second kappa shape index (κ2) is 50.9. The number of carbonyl (C=O) groups excluding carboxylic acids is 17. The monoisotopic (exact) mass is 1730 g/mol. The van der Waals surface area contributed by atoms with Gasteiger partial charge in [0.15, 0.2) is 11.6 Å². The van der Waals surface area contributed by atoms with Crippen molar-refractivity contribution >= 4 is 113 Å². The molecule has 1 fully saturated rings. The summed E-state index contributed by atoms with van der Waals surface area (Å²) in [6.07, 6.45) is -2.53. The number of unbranched alkanes of at least 4 members (excludes halogenated alkanes) is 1. The number of benzene rings is 5. The number of ether oxygens (including phenoxy) is 2. The Bertz CT molecular complexity index is 4450. The molecule has 0 bridgehead atoms. The Balaban J connectivity index is 1.47. The largest absolute Gasteiger partial charge is 0.508 e. The van der Waals surface area contributed by atoms with Crippen molar-refractivity contribution in [3.05, 3.63) is 167 Å². The van der Waals surface area contributed by atoms with E-state index in [1.165, 1.54) is 93.6 Å². The summed E-state index contributed by atoms with van der Waals surface area (Å²) >= 11 is 0.861. The Morgan fingerprint density at radius 3 is 1.48 bits per heavy atom. The standard InChI is InChI=1S/C90H118N12O21S/c1-11-12-28-74-89(120)98(6)49-66(107)47-63(51-123-55-104)78(109)48-67(57(4)5)86(117)101(9)75(45-59-24-18-14-19-25-59)85(116)96-71(44-62-31-35-65(106)36-32-62)87(118)99(7)50-80(111)92-68(39-40-122-54-103)82(113)95-70(42-61-29-33-64(105)34-30-61)84(115)94-69(41-56(2)3)83(114)97-73(77(108)37-38-79(91)110)52-124-53-81(112)93-72(43-58-22-16-13-17-23-58)88(119)102(10)76(90(121)100(74)8)46-60-26-20-15-21-27-60/h13-27,29-36,54-57,63,67-76,105-106H,11-12,28,37-53H2,1-10H3,(H2,91,110)(H,92,111)(H,93,112)(H,94,115)(H,95,113)(H,96,116)(H,97,114)/t63-,67-,68-,69-,70-,71-,72-,73-,74-,75-,76-/m0/s1. The van der Waals surface area contributed by atoms with E-state index in [1.807, 2.05) is 6.92 Å². The predicted molar refractivity (Wildman–Crippen MR) is 460 cm³/mol. The van der Waals surface area contributed by atoms with Gasteiger partial charge in [0.1, 0.15) is 72.2 Å². The number of primary amides is 1. The van der Waals surface area contributed by atoms with Gasteiger partial charge in [-0.15, -0.1) is 11.8 Å². The van der Waals surface area contributed by atoms with Gasteiger partial charge in [-0.25, -0.2) is 0 Å². The van der Waals surface area contributed by atoms with E-state index in [2.05, 4.69) is 31.9 Å². The zero-order valence-electron chi connectivity index (χ0n) is 72.0. The lowest BCUT2D eigenvalue weighted by molar-refractivity contribution is -0.151. The van der Waals surface area contributed by atoms with Crippen LogP contribution in [0.1, 0.15) is 120 Å². The van der Waals surface area contributed by atoms with Crippen LogP contribution in [0.3, 0.4) is 0 Å². The Hall–Kier alpha value is -12.4. The zero-order chi connectivity index (χ0) is 91.3. The third kappa shape index (κ3) is 32.5. The van der Waals surface area contributed by atoms with Crippen molar-refractivity contribution in [1.29, 1.82) is 0 Å². The number of phenols is 2. The molecule has 11 atom stereocenters. The molecule has 33 nitrogen and oxygen atoms in total. The average Bonchev–Trinajstić information content (AvgIpc) is 0.813. The molecule has 5 aromatic rings. The molecule has 5 aromatic carbocycles. The number of likely N-dealkylation sites (N-methyl/N-ethyl adjacent to an activating group) is 5. The number of aromatic hydroxyl groups is 2. The van der Waals surface area contributed by atoms with E-state index >= 15 is 28.8 Å². The molecule has 0 saturated carbocycles. The number of hydrogen-bond acceptors (Lipinski definition) is 22. The molecule has 670 valence electrons. The Morgan fingerprint density at radius 1 is 0.484 bits per heavy atom. The first kappa shape index (κ1) is 100. The van der Waals surface area contributed by atoms with Crippen molar-refractivity contribution < 1.29 is 101 Å². The number of nitrogens with one attached hydrogen (secondary N) is 6. The first-order chi connectivity index (χ1) is 59.0. The van der Waals surface area contributed by atoms with Gasteiger partial charge in [-0.3, -0.25) is 81.5 Å². The Labute approximate surface area is 727 Å². The van der Waals surface area contributed by atoms with Crippen LogP contribution in [0, 0.1) is 23.7 Å². The van der Waals surface area contributed by atoms with Crippen molar-refractivity contribution in [2.75, 3.05) is 73.0 Å². The minimum Gasteiger partial charge on any atom is -0.508 e. The van der Waals surface area contributed by atoms with E-state index in [0.29, 0.717) is 40.7 Å². The molecule has 1 aliphatic rings. The fourth-order valence-corrected chi connectivity index (χ4v) is 15.2. The molecule has 0 aromatic heterocycles. The van der Waals surface area contributed by atoms with Crippen molar-refractivity contribution in [2.45, 2.75) is 179 Å². The molecular formula is C90H118N12O21S. The molecule has 1 heterocycles. The number of carbonyl (C=O) groups is 17. The second-order valence-corrected chi connectivity index (χ2v) is 33.0. The van der Waals surface area contributed by atoms with E-state index < -0.39 is 225 Å². The van der Waals surface area contributed by atoms with Gasteiger partial charge < -0.3 is 81.8 Å². The molecule has 1 saturated heterocycles. The normalized spacial score (nSPS) is 22.3. The van der Waals surface area contributed by atoms with Crippen LogP contribution >= 0.6 is 11.8 Å². The first-order valence-corrected chi connectivity index (χ1v) is 42.5. The van der Waals surface area contributed by atoms with Crippen LogP contribution in [-0.4, -0.2) is 263 Å². The maximum absolute atomic E-state index is 15.5. The summed E-state index contributed by atoms with van der Waals surface area (Å²) in [5, 5.41) is 36.7. The fraction of sp³-hybridized carbons (Fsp3) is 0.478. The number of Topliss-reactive ketones (excluding diaryl/α,β-unsaturated/α-hetero) is 3. The topological polar surface area (TPSA) is 464 Å². The number of thioether (sulfide) groups is 1. The van der Waals surface area contributed by atoms with Crippen LogP contribution in [-0.2, 0) is 123 Å². The van der Waals surface area contributed by atoms with Gasteiger partial charge in [0.2, 0.25) is 70.9 Å². The summed E-state index contributed by atoms with van der Waals surface area (Å²) in [6, 6.07) is 23.9. The summed E-state index contributed by atoms with van der Waals surface area (Å²) in [5.74, 6) is -16.8. The lowest BCUT2D eigenvalue weighted by atomic mass is 9.84. The van der Waals surface area contributed by atoms with E-state index in [0.717, 1.165) is 26.5 Å². The van der Waals surface area contributed by atoms with Crippen molar-refractivity contribution in [1.82, 2.24) is 56.4 Å². The molecule has 12 amide bonds. The molecule has 1 aliphatic heterocycles. The van der Waals surface area contributed by atoms with Crippen LogP contribution in [0.15, 0.2) is 140 Å². The van der Waals surface area contributed by atoms with E-state index in [4.69, 9.17) is 15.2 Å². The Morgan fingerprint density at radius 2 is 0.952 bits per heavy atom. The van der Waals surface area contributed by atoms with Gasteiger partial charge in [-0.2, -0.15) is 0 Å². The smallest absolute Gasteiger partial charge is 0.293 e. The number of phenolic OH excluding ortho intramolecular Hbond substituents is 2. The molecular weight excluding hydrogens is 1620 g/mol. The number of ketones is 3. The molecule has 0 unspecified atom stereocenters. The number of nitrogens with two attached hydrogens (primary N) is 1. The summed E-state index contributed by atoms with van der Waals surface area (Å²) in [4.78, 5) is 250. The molecule has 10 N–H and O–H groups in total. The zero-order valence-corrected chi connectivity index (χ0v) is 72.8. The summed E-state index contributed by atoms with van der Waals surface area (Å²) < 4.78 is 10.1. The van der Waals surface area contributed by atoms with Gasteiger partial charge >= 0.3 is 0 Å². The average molecular weight is 1740 g/mol. The Kier molecular flexibility index (Phi) is 41.2.